The van der Waals surface area contributed by atoms with Crippen LogP contribution in [0.25, 0.3) is 11.3 Å². The van der Waals surface area contributed by atoms with E-state index in [1.54, 1.807) is 18.3 Å². The average molecular weight is 500 g/mol. The summed E-state index contributed by atoms with van der Waals surface area (Å²) in [6.07, 6.45) is 3.53. The van der Waals surface area contributed by atoms with E-state index in [0.717, 1.165) is 47.4 Å². The number of rotatable bonds is 5. The van der Waals surface area contributed by atoms with Crippen LogP contribution in [0.5, 0.6) is 0 Å². The number of amides is 1. The number of H-pyrrole nitrogens is 2. The Kier molecular flexibility index (Phi) is 5.78. The fraction of sp³-hybridized carbons (Fsp3) is 0.296. The standard InChI is InChI=1S/C27H27FN8O/c1-16-11-24(31-25-12-17(2)33-34-25)32-27(30-16)35-14-21-8-9-22(15-35)36(21)26(37)19-5-10-23(29-13-19)18-3-6-20(28)7-4-18/h3-7,10-13,21-22H,8-9,14-15H2,1-2H3,(H2,30,31,32,33,34)/p+1. The highest BCUT2D eigenvalue weighted by molar-refractivity contribution is 5.95. The molecule has 2 bridgehead atoms. The van der Waals surface area contributed by atoms with Crippen molar-refractivity contribution in [2.45, 2.75) is 38.8 Å². The zero-order chi connectivity index (χ0) is 25.5. The molecule has 37 heavy (non-hydrogen) atoms. The van der Waals surface area contributed by atoms with E-state index in [4.69, 9.17) is 4.98 Å². The molecular formula is C27H28FN8O+. The molecule has 2 atom stereocenters. The monoisotopic (exact) mass is 499 g/mol. The summed E-state index contributed by atoms with van der Waals surface area (Å²) in [5.41, 5.74) is 3.96. The maximum absolute atomic E-state index is 13.5. The van der Waals surface area contributed by atoms with Gasteiger partial charge in [-0.15, -0.1) is 10.1 Å². The number of halogens is 1. The predicted molar refractivity (Wildman–Crippen MR) is 137 cm³/mol. The van der Waals surface area contributed by atoms with Gasteiger partial charge >= 0.3 is 5.95 Å². The number of hydrogen-bond acceptors (Lipinski definition) is 6. The van der Waals surface area contributed by atoms with Gasteiger partial charge in [-0.25, -0.2) is 9.37 Å². The summed E-state index contributed by atoms with van der Waals surface area (Å²) < 4.78 is 13.2. The molecule has 2 saturated heterocycles. The second-order valence-corrected chi connectivity index (χ2v) is 9.76. The van der Waals surface area contributed by atoms with Crippen molar-refractivity contribution in [1.82, 2.24) is 25.1 Å². The molecule has 0 radical (unpaired) electrons. The highest BCUT2D eigenvalue weighted by Crippen LogP contribution is 2.33. The summed E-state index contributed by atoms with van der Waals surface area (Å²) in [4.78, 5) is 30.3. The van der Waals surface area contributed by atoms with Crippen LogP contribution in [-0.4, -0.2) is 56.1 Å². The zero-order valence-corrected chi connectivity index (χ0v) is 20.7. The molecule has 3 aromatic heterocycles. The van der Waals surface area contributed by atoms with Gasteiger partial charge in [-0.3, -0.25) is 25.1 Å². The molecule has 5 heterocycles. The average Bonchev–Trinajstić information content (AvgIpc) is 3.42. The molecule has 0 saturated carbocycles. The number of carbonyl (C=O) groups is 1. The third-order valence-electron chi connectivity index (χ3n) is 7.02. The van der Waals surface area contributed by atoms with Gasteiger partial charge in [0.15, 0.2) is 5.82 Å². The van der Waals surface area contributed by atoms with Crippen molar-refractivity contribution in [3.8, 4) is 11.3 Å². The van der Waals surface area contributed by atoms with E-state index >= 15 is 0 Å². The van der Waals surface area contributed by atoms with Gasteiger partial charge < -0.3 is 4.90 Å². The van der Waals surface area contributed by atoms with E-state index in [1.807, 2.05) is 43.0 Å². The number of pyridine rings is 1. The Morgan fingerprint density at radius 3 is 2.49 bits per heavy atom. The van der Waals surface area contributed by atoms with E-state index in [-0.39, 0.29) is 23.8 Å². The van der Waals surface area contributed by atoms with Crippen LogP contribution in [-0.2, 0) is 0 Å². The van der Waals surface area contributed by atoms with Crippen LogP contribution >= 0.6 is 0 Å². The molecular weight excluding hydrogens is 471 g/mol. The largest absolute Gasteiger partial charge is 0.347 e. The summed E-state index contributed by atoms with van der Waals surface area (Å²) in [5, 5.41) is 10.5. The zero-order valence-electron chi connectivity index (χ0n) is 20.7. The first kappa shape index (κ1) is 23.1. The first-order valence-electron chi connectivity index (χ1n) is 12.4. The number of anilines is 3. The topological polar surface area (TPSA) is 104 Å². The van der Waals surface area contributed by atoms with Crippen LogP contribution in [0.15, 0.2) is 54.7 Å². The minimum Gasteiger partial charge on any atom is -0.327 e. The van der Waals surface area contributed by atoms with Crippen LogP contribution in [0.2, 0.25) is 0 Å². The number of benzene rings is 1. The Labute approximate surface area is 213 Å². The Hall–Kier alpha value is -4.34. The van der Waals surface area contributed by atoms with Crippen molar-refractivity contribution < 1.29 is 14.2 Å². The number of piperazine rings is 1. The summed E-state index contributed by atoms with van der Waals surface area (Å²) in [6, 6.07) is 13.9. The third kappa shape index (κ3) is 4.62. The van der Waals surface area contributed by atoms with Gasteiger partial charge in [0.05, 0.1) is 36.4 Å². The van der Waals surface area contributed by atoms with Crippen molar-refractivity contribution in [3.63, 3.8) is 0 Å². The fourth-order valence-corrected chi connectivity index (χ4v) is 5.30. The summed E-state index contributed by atoms with van der Waals surface area (Å²) >= 11 is 0. The van der Waals surface area contributed by atoms with Gasteiger partial charge in [-0.05, 0) is 63.1 Å². The molecule has 1 amide bonds. The van der Waals surface area contributed by atoms with Crippen molar-refractivity contribution >= 4 is 23.5 Å². The maximum Gasteiger partial charge on any atom is 0.347 e. The van der Waals surface area contributed by atoms with Gasteiger partial charge in [0.2, 0.25) is 5.82 Å². The molecule has 2 fully saturated rings. The number of fused-ring (bicyclic) bond motifs is 2. The van der Waals surface area contributed by atoms with Crippen LogP contribution in [0, 0.1) is 19.7 Å². The Balaban J connectivity index is 1.17. The number of aromatic amines is 2. The number of aryl methyl sites for hydroxylation is 2. The molecule has 6 rings (SSSR count). The van der Waals surface area contributed by atoms with Crippen molar-refractivity contribution in [1.29, 1.82) is 0 Å². The lowest BCUT2D eigenvalue weighted by molar-refractivity contribution is -0.351. The van der Waals surface area contributed by atoms with Gasteiger partial charge in [0, 0.05) is 29.6 Å². The number of aromatic nitrogens is 5. The smallest absolute Gasteiger partial charge is 0.327 e. The number of hydrogen-bond donors (Lipinski definition) is 2. The van der Waals surface area contributed by atoms with Gasteiger partial charge in [0.1, 0.15) is 11.5 Å². The predicted octanol–water partition coefficient (Wildman–Crippen LogP) is 3.67. The molecule has 4 aromatic rings. The van der Waals surface area contributed by atoms with E-state index < -0.39 is 0 Å². The molecule has 3 N–H and O–H groups in total. The molecule has 2 aliphatic heterocycles. The summed E-state index contributed by atoms with van der Waals surface area (Å²) in [6.45, 7) is 5.33. The molecule has 0 aliphatic carbocycles. The Morgan fingerprint density at radius 2 is 1.84 bits per heavy atom. The fourth-order valence-electron chi connectivity index (χ4n) is 5.30. The van der Waals surface area contributed by atoms with Gasteiger partial charge in [0.25, 0.3) is 5.91 Å². The van der Waals surface area contributed by atoms with E-state index in [2.05, 4.69) is 30.4 Å². The normalized spacial score (nSPS) is 18.8. The lowest BCUT2D eigenvalue weighted by Gasteiger charge is -2.38. The van der Waals surface area contributed by atoms with Gasteiger partial charge in [-0.1, -0.05) is 0 Å². The lowest BCUT2D eigenvalue weighted by atomic mass is 10.1. The van der Waals surface area contributed by atoms with Crippen molar-refractivity contribution in [2.24, 2.45) is 0 Å². The van der Waals surface area contributed by atoms with Crippen LogP contribution < -0.4 is 15.2 Å². The van der Waals surface area contributed by atoms with E-state index in [9.17, 15) is 9.18 Å². The SMILES string of the molecule is Cc1cc(Nc2cc(C)[nH]n2)[nH+]c(N2CC3CCC(C2)N3C(=O)c2ccc(-c3ccc(F)cc3)nc2)n1. The van der Waals surface area contributed by atoms with E-state index in [0.29, 0.717) is 24.3 Å². The number of carbonyl (C=O) groups excluding carboxylic acids is 1. The van der Waals surface area contributed by atoms with Crippen LogP contribution in [0.1, 0.15) is 34.6 Å². The maximum atomic E-state index is 13.5. The highest BCUT2D eigenvalue weighted by atomic mass is 19.1. The van der Waals surface area contributed by atoms with Crippen molar-refractivity contribution in [3.05, 3.63) is 77.5 Å². The number of nitrogens with zero attached hydrogens (tertiary/aromatic N) is 5. The first-order valence-corrected chi connectivity index (χ1v) is 12.4. The number of nitrogens with one attached hydrogen (secondary N) is 3. The molecule has 188 valence electrons. The second-order valence-electron chi connectivity index (χ2n) is 9.76. The Bertz CT molecular complexity index is 1420. The lowest BCUT2D eigenvalue weighted by Crippen LogP contribution is -2.57. The molecule has 10 heteroatoms. The molecule has 2 unspecified atom stereocenters. The first-order chi connectivity index (χ1) is 17.9. The molecule has 0 spiro atoms. The molecule has 2 aliphatic rings. The minimum absolute atomic E-state index is 0.00254. The summed E-state index contributed by atoms with van der Waals surface area (Å²) in [7, 11) is 0. The van der Waals surface area contributed by atoms with Crippen LogP contribution in [0.4, 0.5) is 22.0 Å². The molecule has 1 aromatic carbocycles. The van der Waals surface area contributed by atoms with E-state index in [1.165, 1.54) is 12.1 Å². The quantitative estimate of drug-likeness (QED) is 0.434. The van der Waals surface area contributed by atoms with Gasteiger partial charge in [-0.2, -0.15) is 0 Å². The minimum atomic E-state index is -0.288. The third-order valence-corrected chi connectivity index (χ3v) is 7.02. The summed E-state index contributed by atoms with van der Waals surface area (Å²) in [5.74, 6) is 2.04. The Morgan fingerprint density at radius 1 is 1.08 bits per heavy atom. The van der Waals surface area contributed by atoms with Crippen LogP contribution in [0.3, 0.4) is 0 Å². The second kappa shape index (κ2) is 9.27. The molecule has 9 nitrogen and oxygen atoms in total. The highest BCUT2D eigenvalue weighted by Gasteiger charge is 2.45. The van der Waals surface area contributed by atoms with Crippen molar-refractivity contribution in [2.75, 3.05) is 23.3 Å².